The first-order valence-electron chi connectivity index (χ1n) is 8.23. The minimum absolute atomic E-state index is 0. The van der Waals surface area contributed by atoms with Crippen molar-refractivity contribution in [1.29, 1.82) is 0 Å². The van der Waals surface area contributed by atoms with Crippen LogP contribution in [0.4, 0.5) is 18.3 Å². The molecule has 2 aromatic rings. The molecule has 1 heterocycles. The largest absolute Gasteiger partial charge is 0.471 e. The molecular weight excluding hydrogens is 417 g/mol. The van der Waals surface area contributed by atoms with Gasteiger partial charge in [-0.2, -0.15) is 13.2 Å². The molecule has 0 radical (unpaired) electrons. The Morgan fingerprint density at radius 1 is 1.32 bits per heavy atom. The number of nitrogens with one attached hydrogen (secondary N) is 2. The van der Waals surface area contributed by atoms with Gasteiger partial charge < -0.3 is 11.1 Å². The second-order valence-electron chi connectivity index (χ2n) is 6.16. The SMILES string of the molecule is Cl.NCc1cccc(C(=O)Nc2nc3c(s2)C[C@@H](NC(=O)C(F)(F)F)CC3)c1. The highest BCUT2D eigenvalue weighted by atomic mass is 35.5. The molecule has 0 bridgehead atoms. The van der Waals surface area contributed by atoms with Gasteiger partial charge in [-0.15, -0.1) is 23.7 Å². The van der Waals surface area contributed by atoms with Crippen molar-refractivity contribution < 1.29 is 22.8 Å². The molecule has 0 aliphatic heterocycles. The first kappa shape index (κ1) is 22.1. The summed E-state index contributed by atoms with van der Waals surface area (Å²) < 4.78 is 37.2. The molecule has 0 saturated heterocycles. The van der Waals surface area contributed by atoms with Gasteiger partial charge in [0.15, 0.2) is 5.13 Å². The van der Waals surface area contributed by atoms with Gasteiger partial charge in [0.05, 0.1) is 5.69 Å². The molecule has 28 heavy (non-hydrogen) atoms. The van der Waals surface area contributed by atoms with E-state index in [1.54, 1.807) is 18.2 Å². The Labute approximate surface area is 169 Å². The number of hydrogen-bond donors (Lipinski definition) is 3. The van der Waals surface area contributed by atoms with E-state index in [1.165, 1.54) is 11.3 Å². The van der Waals surface area contributed by atoms with Crippen molar-refractivity contribution in [1.82, 2.24) is 10.3 Å². The Morgan fingerprint density at radius 2 is 2.07 bits per heavy atom. The summed E-state index contributed by atoms with van der Waals surface area (Å²) in [5.74, 6) is -2.27. The molecule has 11 heteroatoms. The predicted octanol–water partition coefficient (Wildman–Crippen LogP) is 2.81. The monoisotopic (exact) mass is 434 g/mol. The molecule has 0 fully saturated rings. The zero-order valence-electron chi connectivity index (χ0n) is 14.5. The number of anilines is 1. The summed E-state index contributed by atoms with van der Waals surface area (Å²) in [6.45, 7) is 0.317. The van der Waals surface area contributed by atoms with E-state index in [0.29, 0.717) is 30.1 Å². The van der Waals surface area contributed by atoms with Crippen LogP contribution in [0, 0.1) is 0 Å². The number of aryl methyl sites for hydroxylation is 1. The van der Waals surface area contributed by atoms with Crippen LogP contribution in [0.5, 0.6) is 0 Å². The lowest BCUT2D eigenvalue weighted by molar-refractivity contribution is -0.174. The summed E-state index contributed by atoms with van der Waals surface area (Å²) in [5.41, 5.74) is 7.58. The molecule has 1 aromatic carbocycles. The maximum atomic E-state index is 12.4. The van der Waals surface area contributed by atoms with Gasteiger partial charge in [0.2, 0.25) is 0 Å². The zero-order valence-corrected chi connectivity index (χ0v) is 16.1. The lowest BCUT2D eigenvalue weighted by Crippen LogP contribution is -2.45. The van der Waals surface area contributed by atoms with Gasteiger partial charge in [-0.05, 0) is 30.5 Å². The molecule has 1 aliphatic carbocycles. The van der Waals surface area contributed by atoms with Gasteiger partial charge in [-0.1, -0.05) is 12.1 Å². The lowest BCUT2D eigenvalue weighted by Gasteiger charge is -2.22. The Morgan fingerprint density at radius 3 is 2.75 bits per heavy atom. The van der Waals surface area contributed by atoms with Crippen molar-refractivity contribution >= 4 is 40.7 Å². The number of thiazole rings is 1. The molecule has 0 spiro atoms. The fourth-order valence-corrected chi connectivity index (χ4v) is 3.91. The van der Waals surface area contributed by atoms with E-state index in [0.717, 1.165) is 16.1 Å². The van der Waals surface area contributed by atoms with E-state index >= 15 is 0 Å². The summed E-state index contributed by atoms with van der Waals surface area (Å²) in [6.07, 6.45) is -3.84. The molecule has 1 aromatic heterocycles. The van der Waals surface area contributed by atoms with E-state index in [4.69, 9.17) is 5.73 Å². The molecular formula is C17H18ClF3N4O2S. The highest BCUT2D eigenvalue weighted by Crippen LogP contribution is 2.30. The minimum Gasteiger partial charge on any atom is -0.345 e. The van der Waals surface area contributed by atoms with E-state index in [-0.39, 0.29) is 24.7 Å². The number of amides is 2. The number of fused-ring (bicyclic) bond motifs is 1. The number of benzene rings is 1. The molecule has 4 N–H and O–H groups in total. The van der Waals surface area contributed by atoms with Gasteiger partial charge in [-0.25, -0.2) is 4.98 Å². The Hall–Kier alpha value is -2.17. The van der Waals surface area contributed by atoms with Crippen molar-refractivity contribution in [3.63, 3.8) is 0 Å². The summed E-state index contributed by atoms with van der Waals surface area (Å²) in [7, 11) is 0. The summed E-state index contributed by atoms with van der Waals surface area (Å²) in [5, 5.41) is 5.09. The number of rotatable bonds is 4. The Kier molecular flexibility index (Phi) is 7.02. The second kappa shape index (κ2) is 8.89. The number of aromatic nitrogens is 1. The standard InChI is InChI=1S/C17H17F3N4O2S.ClH/c18-17(19,20)15(26)22-11-4-5-12-13(7-11)27-16(23-12)24-14(25)10-3-1-2-9(6-10)8-21;/h1-3,6,11H,4-5,7-8,21H2,(H,22,26)(H,23,24,25);1H/t11-;/m0./s1. The third kappa shape index (κ3) is 5.21. The number of alkyl halides is 3. The number of carbonyl (C=O) groups excluding carboxylic acids is 2. The molecule has 1 atom stereocenters. The quantitative estimate of drug-likeness (QED) is 0.689. The fourth-order valence-electron chi connectivity index (χ4n) is 2.83. The van der Waals surface area contributed by atoms with E-state index < -0.39 is 18.1 Å². The topological polar surface area (TPSA) is 97.1 Å². The normalized spacial score (nSPS) is 15.9. The molecule has 0 unspecified atom stereocenters. The van der Waals surface area contributed by atoms with E-state index in [9.17, 15) is 22.8 Å². The van der Waals surface area contributed by atoms with Crippen molar-refractivity contribution in [2.24, 2.45) is 5.73 Å². The lowest BCUT2D eigenvalue weighted by atomic mass is 9.97. The van der Waals surface area contributed by atoms with Gasteiger partial charge >= 0.3 is 12.1 Å². The maximum Gasteiger partial charge on any atom is 0.471 e. The number of nitrogens with two attached hydrogens (primary N) is 1. The highest BCUT2D eigenvalue weighted by molar-refractivity contribution is 7.15. The van der Waals surface area contributed by atoms with Crippen LogP contribution in [0.15, 0.2) is 24.3 Å². The summed E-state index contributed by atoms with van der Waals surface area (Å²) in [6, 6.07) is 6.29. The van der Waals surface area contributed by atoms with Crippen molar-refractivity contribution in [2.75, 3.05) is 5.32 Å². The van der Waals surface area contributed by atoms with Crippen LogP contribution in [0.2, 0.25) is 0 Å². The minimum atomic E-state index is -4.90. The van der Waals surface area contributed by atoms with Crippen LogP contribution in [0.1, 0.15) is 32.9 Å². The number of carbonyl (C=O) groups is 2. The van der Waals surface area contributed by atoms with Crippen molar-refractivity contribution in [3.8, 4) is 0 Å². The van der Waals surface area contributed by atoms with Gasteiger partial charge in [0.1, 0.15) is 0 Å². The van der Waals surface area contributed by atoms with Gasteiger partial charge in [0, 0.05) is 29.4 Å². The highest BCUT2D eigenvalue weighted by Gasteiger charge is 2.40. The van der Waals surface area contributed by atoms with E-state index in [1.807, 2.05) is 11.4 Å². The third-order valence-corrected chi connectivity index (χ3v) is 5.21. The zero-order chi connectivity index (χ0) is 19.6. The van der Waals surface area contributed by atoms with Crippen LogP contribution in [0.25, 0.3) is 0 Å². The predicted molar refractivity (Wildman–Crippen MR) is 102 cm³/mol. The summed E-state index contributed by atoms with van der Waals surface area (Å²) >= 11 is 1.21. The average Bonchev–Trinajstić information content (AvgIpc) is 3.02. The Balaban J connectivity index is 0.00000280. The first-order chi connectivity index (χ1) is 12.8. The molecule has 6 nitrogen and oxygen atoms in total. The first-order valence-corrected chi connectivity index (χ1v) is 9.04. The number of halogens is 4. The van der Waals surface area contributed by atoms with Crippen molar-refractivity contribution in [2.45, 2.75) is 38.0 Å². The molecule has 0 saturated carbocycles. The smallest absolute Gasteiger partial charge is 0.345 e. The van der Waals surface area contributed by atoms with Crippen LogP contribution in [0.3, 0.4) is 0 Å². The van der Waals surface area contributed by atoms with Crippen LogP contribution >= 0.6 is 23.7 Å². The third-order valence-electron chi connectivity index (χ3n) is 4.18. The second-order valence-corrected chi connectivity index (χ2v) is 7.24. The fraction of sp³-hybridized carbons (Fsp3) is 0.353. The van der Waals surface area contributed by atoms with E-state index in [2.05, 4.69) is 10.3 Å². The molecule has 3 rings (SSSR count). The van der Waals surface area contributed by atoms with Gasteiger partial charge in [0.25, 0.3) is 5.91 Å². The van der Waals surface area contributed by atoms with Gasteiger partial charge in [-0.3, -0.25) is 14.9 Å². The molecule has 1 aliphatic rings. The Bertz CT molecular complexity index is 872. The molecule has 2 amide bonds. The number of nitrogens with zero attached hydrogens (tertiary/aromatic N) is 1. The van der Waals surface area contributed by atoms with Crippen LogP contribution in [-0.2, 0) is 24.2 Å². The molecule has 152 valence electrons. The van der Waals surface area contributed by atoms with Crippen LogP contribution in [-0.4, -0.2) is 29.0 Å². The summed E-state index contributed by atoms with van der Waals surface area (Å²) in [4.78, 5) is 28.6. The number of hydrogen-bond acceptors (Lipinski definition) is 5. The maximum absolute atomic E-state index is 12.4. The van der Waals surface area contributed by atoms with Crippen molar-refractivity contribution in [3.05, 3.63) is 46.0 Å². The van der Waals surface area contributed by atoms with Crippen LogP contribution < -0.4 is 16.4 Å². The average molecular weight is 435 g/mol.